The number of para-hydroxylation sites is 1. The lowest BCUT2D eigenvalue weighted by atomic mass is 10.1. The van der Waals surface area contributed by atoms with Gasteiger partial charge in [-0.2, -0.15) is 0 Å². The Hall–Kier alpha value is -2.63. The van der Waals surface area contributed by atoms with Crippen LogP contribution in [0, 0.1) is 0 Å². The number of hydrogen-bond donors (Lipinski definition) is 3. The van der Waals surface area contributed by atoms with E-state index in [0.717, 1.165) is 6.42 Å². The average molecular weight is 302 g/mol. The number of unbranched alkanes of at least 4 members (excludes halogenated alkanes) is 1. The van der Waals surface area contributed by atoms with Crippen molar-refractivity contribution in [3.8, 4) is 0 Å². The molecule has 1 heterocycles. The van der Waals surface area contributed by atoms with Gasteiger partial charge >= 0.3 is 5.97 Å². The van der Waals surface area contributed by atoms with Crippen molar-refractivity contribution in [2.75, 3.05) is 0 Å². The maximum Gasteiger partial charge on any atom is 0.326 e. The van der Waals surface area contributed by atoms with Crippen molar-refractivity contribution >= 4 is 22.8 Å². The van der Waals surface area contributed by atoms with E-state index in [2.05, 4.69) is 10.3 Å². The quantitative estimate of drug-likeness (QED) is 0.759. The Labute approximate surface area is 127 Å². The van der Waals surface area contributed by atoms with E-state index in [0.29, 0.717) is 23.7 Å². The number of H-pyrrole nitrogens is 1. The summed E-state index contributed by atoms with van der Waals surface area (Å²) in [6.07, 6.45) is 1.85. The molecule has 0 radical (unpaired) electrons. The normalized spacial score (nSPS) is 12.0. The van der Waals surface area contributed by atoms with E-state index in [1.165, 1.54) is 6.07 Å². The number of carbonyl (C=O) groups excluding carboxylic acids is 1. The van der Waals surface area contributed by atoms with Gasteiger partial charge in [-0.25, -0.2) is 4.79 Å². The summed E-state index contributed by atoms with van der Waals surface area (Å²) in [6, 6.07) is 7.57. The van der Waals surface area contributed by atoms with Crippen LogP contribution >= 0.6 is 0 Å². The lowest BCUT2D eigenvalue weighted by Crippen LogP contribution is -2.42. The van der Waals surface area contributed by atoms with Crippen molar-refractivity contribution in [2.24, 2.45) is 0 Å². The van der Waals surface area contributed by atoms with E-state index in [-0.39, 0.29) is 5.56 Å². The Bertz CT molecular complexity index is 751. The number of hydrogen-bond acceptors (Lipinski definition) is 3. The number of benzene rings is 1. The van der Waals surface area contributed by atoms with Crippen LogP contribution in [0.1, 0.15) is 36.5 Å². The number of rotatable bonds is 6. The van der Waals surface area contributed by atoms with Gasteiger partial charge in [0.25, 0.3) is 11.5 Å². The van der Waals surface area contributed by atoms with Gasteiger partial charge in [0.05, 0.1) is 0 Å². The van der Waals surface area contributed by atoms with Crippen molar-refractivity contribution in [3.63, 3.8) is 0 Å². The zero-order valence-corrected chi connectivity index (χ0v) is 12.3. The number of fused-ring (bicyclic) bond motifs is 1. The minimum atomic E-state index is -1.10. The van der Waals surface area contributed by atoms with Gasteiger partial charge in [-0.3, -0.25) is 9.59 Å². The van der Waals surface area contributed by atoms with Gasteiger partial charge in [0.2, 0.25) is 0 Å². The van der Waals surface area contributed by atoms with Crippen LogP contribution in [0.5, 0.6) is 0 Å². The molecule has 1 aromatic heterocycles. The third kappa shape index (κ3) is 3.52. The summed E-state index contributed by atoms with van der Waals surface area (Å²) >= 11 is 0. The SMILES string of the molecule is CCCCC(NC(=O)c1cc2ccccc2[nH]c1=O)C(=O)O. The fraction of sp³-hybridized carbons (Fsp3) is 0.312. The summed E-state index contributed by atoms with van der Waals surface area (Å²) in [7, 11) is 0. The Morgan fingerprint density at radius 2 is 2.05 bits per heavy atom. The molecule has 1 unspecified atom stereocenters. The molecule has 0 fully saturated rings. The minimum Gasteiger partial charge on any atom is -0.480 e. The molecule has 0 saturated carbocycles. The second-order valence-electron chi connectivity index (χ2n) is 5.11. The predicted molar refractivity (Wildman–Crippen MR) is 83.0 cm³/mol. The van der Waals surface area contributed by atoms with Gasteiger partial charge in [0.15, 0.2) is 0 Å². The molecule has 3 N–H and O–H groups in total. The molecule has 1 amide bonds. The molecule has 0 bridgehead atoms. The number of aromatic amines is 1. The molecule has 2 rings (SSSR count). The Morgan fingerprint density at radius 3 is 2.73 bits per heavy atom. The molecule has 6 heteroatoms. The number of carboxylic acid groups (broad SMARTS) is 1. The topological polar surface area (TPSA) is 99.3 Å². The van der Waals surface area contributed by atoms with Gasteiger partial charge < -0.3 is 15.4 Å². The van der Waals surface area contributed by atoms with E-state index >= 15 is 0 Å². The zero-order valence-electron chi connectivity index (χ0n) is 12.3. The number of pyridine rings is 1. The van der Waals surface area contributed by atoms with Gasteiger partial charge in [-0.15, -0.1) is 0 Å². The molecule has 0 spiro atoms. The van der Waals surface area contributed by atoms with Crippen LogP contribution in [0.25, 0.3) is 10.9 Å². The fourth-order valence-corrected chi connectivity index (χ4v) is 2.22. The first-order chi connectivity index (χ1) is 10.5. The molecule has 0 saturated heterocycles. The molecule has 0 aliphatic carbocycles. The number of nitrogens with one attached hydrogen (secondary N) is 2. The lowest BCUT2D eigenvalue weighted by molar-refractivity contribution is -0.139. The van der Waals surface area contributed by atoms with Crippen molar-refractivity contribution in [1.29, 1.82) is 0 Å². The maximum absolute atomic E-state index is 12.2. The molecule has 6 nitrogen and oxygen atoms in total. The second-order valence-corrected chi connectivity index (χ2v) is 5.11. The molecule has 1 aromatic carbocycles. The standard InChI is InChI=1S/C16H18N2O4/c1-2-3-7-13(16(21)22)18-15(20)11-9-10-6-4-5-8-12(10)17-14(11)19/h4-6,8-9,13H,2-3,7H2,1H3,(H,17,19)(H,18,20)(H,21,22). The van der Waals surface area contributed by atoms with Gasteiger partial charge in [-0.05, 0) is 23.9 Å². The molecule has 1 atom stereocenters. The number of amides is 1. The minimum absolute atomic E-state index is 0.0820. The van der Waals surface area contributed by atoms with E-state index in [1.54, 1.807) is 24.3 Å². The highest BCUT2D eigenvalue weighted by molar-refractivity contribution is 5.98. The summed E-state index contributed by atoms with van der Waals surface area (Å²) in [5, 5.41) is 12.3. The van der Waals surface area contributed by atoms with Crippen LogP contribution in [0.4, 0.5) is 0 Å². The average Bonchev–Trinajstić information content (AvgIpc) is 2.50. The molecule has 0 aliphatic rings. The summed E-state index contributed by atoms with van der Waals surface area (Å²) in [6.45, 7) is 1.94. The lowest BCUT2D eigenvalue weighted by Gasteiger charge is -2.14. The van der Waals surface area contributed by atoms with Crippen LogP contribution < -0.4 is 10.9 Å². The van der Waals surface area contributed by atoms with Crippen molar-refractivity contribution in [2.45, 2.75) is 32.2 Å². The number of carbonyl (C=O) groups is 2. The highest BCUT2D eigenvalue weighted by Crippen LogP contribution is 2.10. The maximum atomic E-state index is 12.2. The molecular formula is C16H18N2O4. The third-order valence-electron chi connectivity index (χ3n) is 3.45. The summed E-state index contributed by atoms with van der Waals surface area (Å²) in [5.41, 5.74) is 0.0158. The van der Waals surface area contributed by atoms with Crippen molar-refractivity contribution in [3.05, 3.63) is 46.2 Å². The van der Waals surface area contributed by atoms with Crippen LogP contribution in [0.2, 0.25) is 0 Å². The zero-order chi connectivity index (χ0) is 16.1. The fourth-order valence-electron chi connectivity index (χ4n) is 2.22. The third-order valence-corrected chi connectivity index (χ3v) is 3.45. The predicted octanol–water partition coefficient (Wildman–Crippen LogP) is 1.90. The van der Waals surface area contributed by atoms with Crippen LogP contribution in [0.15, 0.2) is 35.1 Å². The molecule has 116 valence electrons. The van der Waals surface area contributed by atoms with E-state index in [4.69, 9.17) is 5.11 Å². The first kappa shape index (κ1) is 15.8. The first-order valence-corrected chi connectivity index (χ1v) is 7.18. The van der Waals surface area contributed by atoms with Crippen molar-refractivity contribution in [1.82, 2.24) is 10.3 Å². The molecule has 0 aliphatic heterocycles. The van der Waals surface area contributed by atoms with Crippen molar-refractivity contribution < 1.29 is 14.7 Å². The Balaban J connectivity index is 2.26. The van der Waals surface area contributed by atoms with E-state index in [1.807, 2.05) is 6.92 Å². The van der Waals surface area contributed by atoms with Gasteiger partial charge in [0.1, 0.15) is 11.6 Å². The van der Waals surface area contributed by atoms with Crippen LogP contribution in [0.3, 0.4) is 0 Å². The molecule has 22 heavy (non-hydrogen) atoms. The number of aromatic nitrogens is 1. The van der Waals surface area contributed by atoms with Gasteiger partial charge in [0, 0.05) is 5.52 Å². The smallest absolute Gasteiger partial charge is 0.326 e. The second kappa shape index (κ2) is 6.89. The monoisotopic (exact) mass is 302 g/mol. The number of carboxylic acids is 1. The first-order valence-electron chi connectivity index (χ1n) is 7.18. The van der Waals surface area contributed by atoms with Gasteiger partial charge in [-0.1, -0.05) is 38.0 Å². The van der Waals surface area contributed by atoms with E-state index in [9.17, 15) is 14.4 Å². The summed E-state index contributed by atoms with van der Waals surface area (Å²) in [5.74, 6) is -1.77. The van der Waals surface area contributed by atoms with Crippen LogP contribution in [-0.2, 0) is 4.79 Å². The Morgan fingerprint density at radius 1 is 1.32 bits per heavy atom. The van der Waals surface area contributed by atoms with Crippen LogP contribution in [-0.4, -0.2) is 28.0 Å². The Kier molecular flexibility index (Phi) is 4.93. The number of aliphatic carboxylic acids is 1. The summed E-state index contributed by atoms with van der Waals surface area (Å²) in [4.78, 5) is 38.0. The largest absolute Gasteiger partial charge is 0.480 e. The highest BCUT2D eigenvalue weighted by Gasteiger charge is 2.21. The van der Waals surface area contributed by atoms with E-state index < -0.39 is 23.5 Å². The molecular weight excluding hydrogens is 284 g/mol. The highest BCUT2D eigenvalue weighted by atomic mass is 16.4. The molecule has 2 aromatic rings. The summed E-state index contributed by atoms with van der Waals surface area (Å²) < 4.78 is 0.